The van der Waals surface area contributed by atoms with Gasteiger partial charge in [0.15, 0.2) is 0 Å². The van der Waals surface area contributed by atoms with Crippen molar-refractivity contribution in [3.8, 4) is 11.8 Å². The standard InChI is InChI=1S/C26H22F3N5O3.C2H6/c1-37-21-7-4-17(12-18(21)14-30)23(35)32-20-15-31-34-11-10-33(24(36)22(20)34)19-5-2-16(3-6-19)13-25(8-9-25)26(27,28)29;1-2/h2-7,12,15H,8-11,13H2,1H3,(H,32,35);1-2H3. The third kappa shape index (κ3) is 5.32. The third-order valence-electron chi connectivity index (χ3n) is 6.90. The Morgan fingerprint density at radius 1 is 1.15 bits per heavy atom. The van der Waals surface area contributed by atoms with Crippen molar-refractivity contribution in [1.29, 1.82) is 5.26 Å². The highest BCUT2D eigenvalue weighted by molar-refractivity contribution is 6.13. The van der Waals surface area contributed by atoms with E-state index in [0.717, 1.165) is 0 Å². The molecule has 2 heterocycles. The number of hydrogen-bond acceptors (Lipinski definition) is 5. The fraction of sp³-hybridized carbons (Fsp3) is 0.357. The molecule has 39 heavy (non-hydrogen) atoms. The molecule has 0 saturated heterocycles. The molecule has 1 N–H and O–H groups in total. The Kier molecular flexibility index (Phi) is 7.67. The number of carbonyl (C=O) groups excluding carboxylic acids is 2. The second-order valence-electron chi connectivity index (χ2n) is 9.19. The summed E-state index contributed by atoms with van der Waals surface area (Å²) < 4.78 is 46.5. The van der Waals surface area contributed by atoms with Gasteiger partial charge in [-0.15, -0.1) is 0 Å². The number of nitriles is 1. The van der Waals surface area contributed by atoms with Gasteiger partial charge in [0.05, 0.1) is 36.5 Å². The van der Waals surface area contributed by atoms with Crippen LogP contribution in [-0.4, -0.2) is 41.4 Å². The van der Waals surface area contributed by atoms with Crippen LogP contribution in [-0.2, 0) is 13.0 Å². The topological polar surface area (TPSA) is 100 Å². The van der Waals surface area contributed by atoms with E-state index in [0.29, 0.717) is 30.1 Å². The molecule has 1 aliphatic carbocycles. The van der Waals surface area contributed by atoms with Crippen LogP contribution in [0.3, 0.4) is 0 Å². The zero-order valence-electron chi connectivity index (χ0n) is 21.8. The predicted octanol–water partition coefficient (Wildman–Crippen LogP) is 5.59. The monoisotopic (exact) mass is 539 g/mol. The average Bonchev–Trinajstić information content (AvgIpc) is 3.63. The zero-order chi connectivity index (χ0) is 28.4. The number of hydrogen-bond donors (Lipinski definition) is 1. The molecule has 0 unspecified atom stereocenters. The summed E-state index contributed by atoms with van der Waals surface area (Å²) in [6.07, 6.45) is -2.65. The van der Waals surface area contributed by atoms with Crippen molar-refractivity contribution in [3.05, 3.63) is 71.0 Å². The second-order valence-corrected chi connectivity index (χ2v) is 9.19. The summed E-state index contributed by atoms with van der Waals surface area (Å²) in [7, 11) is 1.42. The first kappa shape index (κ1) is 27.7. The van der Waals surface area contributed by atoms with Gasteiger partial charge in [0.1, 0.15) is 17.5 Å². The summed E-state index contributed by atoms with van der Waals surface area (Å²) in [6.45, 7) is 4.69. The van der Waals surface area contributed by atoms with Gasteiger partial charge in [0, 0.05) is 17.8 Å². The number of carbonyl (C=O) groups is 2. The summed E-state index contributed by atoms with van der Waals surface area (Å²) in [5.74, 6) is -0.583. The molecule has 1 saturated carbocycles. The molecule has 1 aliphatic heterocycles. The number of anilines is 2. The average molecular weight is 540 g/mol. The van der Waals surface area contributed by atoms with Gasteiger partial charge in [-0.3, -0.25) is 14.3 Å². The number of fused-ring (bicyclic) bond motifs is 1. The first-order valence-corrected chi connectivity index (χ1v) is 12.6. The number of aromatic nitrogens is 2. The van der Waals surface area contributed by atoms with Gasteiger partial charge in [-0.25, -0.2) is 0 Å². The van der Waals surface area contributed by atoms with E-state index >= 15 is 0 Å². The Morgan fingerprint density at radius 2 is 1.85 bits per heavy atom. The number of nitrogens with zero attached hydrogens (tertiary/aromatic N) is 4. The van der Waals surface area contributed by atoms with Crippen LogP contribution >= 0.6 is 0 Å². The molecule has 204 valence electrons. The van der Waals surface area contributed by atoms with E-state index in [9.17, 15) is 28.0 Å². The van der Waals surface area contributed by atoms with Crippen LogP contribution < -0.4 is 15.0 Å². The van der Waals surface area contributed by atoms with Crippen molar-refractivity contribution in [2.75, 3.05) is 23.9 Å². The number of ether oxygens (including phenoxy) is 1. The Balaban J connectivity index is 0.00000172. The smallest absolute Gasteiger partial charge is 0.394 e. The molecule has 1 fully saturated rings. The molecule has 2 aliphatic rings. The van der Waals surface area contributed by atoms with Gasteiger partial charge in [0.2, 0.25) is 0 Å². The fourth-order valence-corrected chi connectivity index (χ4v) is 4.57. The summed E-state index contributed by atoms with van der Waals surface area (Å²) in [5, 5.41) is 16.2. The van der Waals surface area contributed by atoms with Crippen LogP contribution in [0.1, 0.15) is 58.7 Å². The van der Waals surface area contributed by atoms with E-state index in [2.05, 4.69) is 10.4 Å². The summed E-state index contributed by atoms with van der Waals surface area (Å²) in [6, 6.07) is 12.9. The van der Waals surface area contributed by atoms with Crippen molar-refractivity contribution < 1.29 is 27.5 Å². The Hall–Kier alpha value is -4.33. The summed E-state index contributed by atoms with van der Waals surface area (Å²) in [4.78, 5) is 27.7. The first-order chi connectivity index (χ1) is 18.7. The van der Waals surface area contributed by atoms with Crippen LogP contribution in [0.2, 0.25) is 0 Å². The summed E-state index contributed by atoms with van der Waals surface area (Å²) in [5.41, 5.74) is 0.285. The van der Waals surface area contributed by atoms with Gasteiger partial charge in [-0.1, -0.05) is 26.0 Å². The maximum atomic E-state index is 13.4. The SMILES string of the molecule is CC.COc1ccc(C(=O)Nc2cnn3c2C(=O)N(c2ccc(CC4(C(F)(F)F)CC4)cc2)CC3)cc1C#N. The van der Waals surface area contributed by atoms with Crippen LogP contribution in [0.25, 0.3) is 0 Å². The Bertz CT molecular complexity index is 1420. The van der Waals surface area contributed by atoms with Crippen LogP contribution in [0.4, 0.5) is 24.5 Å². The number of amides is 2. The Morgan fingerprint density at radius 3 is 2.44 bits per heavy atom. The lowest BCUT2D eigenvalue weighted by Crippen LogP contribution is -2.41. The number of halogens is 3. The molecule has 3 aromatic rings. The highest BCUT2D eigenvalue weighted by Gasteiger charge is 2.62. The molecule has 8 nitrogen and oxygen atoms in total. The number of nitrogens with one attached hydrogen (secondary N) is 1. The van der Waals surface area contributed by atoms with Gasteiger partial charge in [-0.2, -0.15) is 23.5 Å². The molecule has 2 aromatic carbocycles. The van der Waals surface area contributed by atoms with Crippen LogP contribution in [0, 0.1) is 16.7 Å². The lowest BCUT2D eigenvalue weighted by Gasteiger charge is -2.28. The van der Waals surface area contributed by atoms with Crippen molar-refractivity contribution in [2.45, 2.75) is 45.8 Å². The third-order valence-corrected chi connectivity index (χ3v) is 6.90. The Labute approximate surface area is 224 Å². The minimum atomic E-state index is -4.23. The van der Waals surface area contributed by atoms with Crippen molar-refractivity contribution in [1.82, 2.24) is 9.78 Å². The predicted molar refractivity (Wildman–Crippen MR) is 139 cm³/mol. The van der Waals surface area contributed by atoms with Gasteiger partial charge < -0.3 is 15.0 Å². The summed E-state index contributed by atoms with van der Waals surface area (Å²) >= 11 is 0. The largest absolute Gasteiger partial charge is 0.495 e. The van der Waals surface area contributed by atoms with E-state index in [1.165, 1.54) is 41.1 Å². The van der Waals surface area contributed by atoms with Crippen LogP contribution in [0.15, 0.2) is 48.7 Å². The van der Waals surface area contributed by atoms with Crippen LogP contribution in [0.5, 0.6) is 5.75 Å². The molecular formula is C28H28F3N5O3. The lowest BCUT2D eigenvalue weighted by molar-refractivity contribution is -0.186. The van der Waals surface area contributed by atoms with Crippen molar-refractivity contribution >= 4 is 23.2 Å². The molecule has 2 amide bonds. The first-order valence-electron chi connectivity index (χ1n) is 12.6. The van der Waals surface area contributed by atoms with E-state index in [-0.39, 0.29) is 41.8 Å². The van der Waals surface area contributed by atoms with Crippen molar-refractivity contribution in [2.24, 2.45) is 5.41 Å². The number of rotatable bonds is 6. The molecule has 0 spiro atoms. The van der Waals surface area contributed by atoms with Gasteiger partial charge >= 0.3 is 6.18 Å². The molecule has 5 rings (SSSR count). The second kappa shape index (κ2) is 10.8. The van der Waals surface area contributed by atoms with E-state index in [1.807, 2.05) is 19.9 Å². The molecule has 0 bridgehead atoms. The number of alkyl halides is 3. The minimum Gasteiger partial charge on any atom is -0.495 e. The zero-order valence-corrected chi connectivity index (χ0v) is 21.8. The van der Waals surface area contributed by atoms with Crippen molar-refractivity contribution in [3.63, 3.8) is 0 Å². The number of methoxy groups -OCH3 is 1. The quantitative estimate of drug-likeness (QED) is 0.440. The molecule has 0 atom stereocenters. The minimum absolute atomic E-state index is 0.0768. The van der Waals surface area contributed by atoms with Gasteiger partial charge in [-0.05, 0) is 55.2 Å². The van der Waals surface area contributed by atoms with Gasteiger partial charge in [0.25, 0.3) is 11.8 Å². The highest BCUT2D eigenvalue weighted by Crippen LogP contribution is 2.59. The normalized spacial score (nSPS) is 15.4. The molecule has 11 heteroatoms. The maximum absolute atomic E-state index is 13.4. The maximum Gasteiger partial charge on any atom is 0.394 e. The fourth-order valence-electron chi connectivity index (χ4n) is 4.57. The van der Waals surface area contributed by atoms with E-state index in [4.69, 9.17) is 4.74 Å². The van der Waals surface area contributed by atoms with E-state index in [1.54, 1.807) is 24.3 Å². The highest BCUT2D eigenvalue weighted by atomic mass is 19.4. The molecule has 1 aromatic heterocycles. The van der Waals surface area contributed by atoms with E-state index < -0.39 is 23.4 Å². The molecular weight excluding hydrogens is 511 g/mol. The lowest BCUT2D eigenvalue weighted by atomic mass is 9.95. The number of benzene rings is 2. The molecule has 0 radical (unpaired) electrons.